The van der Waals surface area contributed by atoms with E-state index in [1.807, 2.05) is 26.0 Å². The molecule has 3 rings (SSSR count). The fourth-order valence-corrected chi connectivity index (χ4v) is 3.65. The first-order valence-corrected chi connectivity index (χ1v) is 9.78. The summed E-state index contributed by atoms with van der Waals surface area (Å²) in [6.45, 7) is 4.74. The Kier molecular flexibility index (Phi) is 6.26. The molecule has 0 aliphatic carbocycles. The van der Waals surface area contributed by atoms with Crippen LogP contribution < -0.4 is 4.74 Å². The molecule has 1 aliphatic rings. The lowest BCUT2D eigenvalue weighted by molar-refractivity contribution is -0.139. The number of ether oxygens (including phenoxy) is 1. The van der Waals surface area contributed by atoms with Crippen molar-refractivity contribution in [1.82, 2.24) is 4.90 Å². The van der Waals surface area contributed by atoms with Gasteiger partial charge in [0, 0.05) is 11.6 Å². The highest BCUT2D eigenvalue weighted by Crippen LogP contribution is 2.28. The summed E-state index contributed by atoms with van der Waals surface area (Å²) < 4.78 is 18.9. The van der Waals surface area contributed by atoms with Gasteiger partial charge in [0.1, 0.15) is 23.8 Å². The molecule has 1 fully saturated rings. The van der Waals surface area contributed by atoms with Crippen molar-refractivity contribution < 1.29 is 19.0 Å². The molecule has 2 aromatic rings. The van der Waals surface area contributed by atoms with Gasteiger partial charge in [0.15, 0.2) is 0 Å². The van der Waals surface area contributed by atoms with Crippen LogP contribution in [0.5, 0.6) is 5.75 Å². The molecule has 0 aromatic heterocycles. The van der Waals surface area contributed by atoms with Crippen molar-refractivity contribution >= 4 is 17.5 Å². The number of hydrogen-bond donors (Lipinski definition) is 1. The van der Waals surface area contributed by atoms with E-state index >= 15 is 0 Å². The molecule has 1 N–H and O–H groups in total. The van der Waals surface area contributed by atoms with Gasteiger partial charge in [-0.2, -0.15) is 0 Å². The van der Waals surface area contributed by atoms with Gasteiger partial charge >= 0.3 is 0 Å². The van der Waals surface area contributed by atoms with Crippen LogP contribution in [0.1, 0.15) is 29.5 Å². The third kappa shape index (κ3) is 5.03. The molecule has 28 heavy (non-hydrogen) atoms. The molecule has 0 spiro atoms. The zero-order valence-corrected chi connectivity index (χ0v) is 16.9. The van der Waals surface area contributed by atoms with Crippen molar-refractivity contribution in [3.8, 4) is 5.75 Å². The molecule has 1 unspecified atom stereocenters. The third-order valence-corrected chi connectivity index (χ3v) is 5.69. The molecule has 1 atom stereocenters. The van der Waals surface area contributed by atoms with Gasteiger partial charge in [-0.05, 0) is 67.6 Å². The normalized spacial score (nSPS) is 19.5. The number of amides is 1. The standard InChI is InChI=1S/C22H25ClFNO3/c1-15-10-19(11-16(2)21(15)23)28-14-22(27)8-3-9-25(13-22)20(26)12-17-4-6-18(24)7-5-17/h4-7,10-11,27H,3,8-9,12-14H2,1-2H3. The number of aryl methyl sites for hydroxylation is 2. The second-order valence-corrected chi connectivity index (χ2v) is 7.98. The van der Waals surface area contributed by atoms with Gasteiger partial charge in [-0.1, -0.05) is 23.7 Å². The van der Waals surface area contributed by atoms with Gasteiger partial charge in [-0.25, -0.2) is 4.39 Å². The maximum Gasteiger partial charge on any atom is 0.227 e. The minimum absolute atomic E-state index is 0.0806. The molecule has 0 bridgehead atoms. The lowest BCUT2D eigenvalue weighted by Crippen LogP contribution is -2.53. The Labute approximate surface area is 169 Å². The molecular weight excluding hydrogens is 381 g/mol. The van der Waals surface area contributed by atoms with E-state index in [9.17, 15) is 14.3 Å². The zero-order valence-electron chi connectivity index (χ0n) is 16.2. The first-order chi connectivity index (χ1) is 13.3. The average molecular weight is 406 g/mol. The second-order valence-electron chi connectivity index (χ2n) is 7.61. The highest BCUT2D eigenvalue weighted by atomic mass is 35.5. The Morgan fingerprint density at radius 3 is 2.54 bits per heavy atom. The predicted octanol–water partition coefficient (Wildman–Crippen LogP) is 4.07. The summed E-state index contributed by atoms with van der Waals surface area (Å²) in [7, 11) is 0. The molecule has 4 nitrogen and oxygen atoms in total. The van der Waals surface area contributed by atoms with Crippen LogP contribution in [-0.2, 0) is 11.2 Å². The number of halogens is 2. The molecule has 0 saturated carbocycles. The van der Waals surface area contributed by atoms with Crippen LogP contribution in [0, 0.1) is 19.7 Å². The van der Waals surface area contributed by atoms with Crippen molar-refractivity contribution in [2.45, 2.75) is 38.7 Å². The molecular formula is C22H25ClFNO3. The van der Waals surface area contributed by atoms with Crippen LogP contribution in [0.4, 0.5) is 4.39 Å². The van der Waals surface area contributed by atoms with Gasteiger partial charge in [0.25, 0.3) is 0 Å². The van der Waals surface area contributed by atoms with Crippen LogP contribution in [-0.4, -0.2) is 41.2 Å². The molecule has 150 valence electrons. The van der Waals surface area contributed by atoms with Crippen molar-refractivity contribution in [1.29, 1.82) is 0 Å². The largest absolute Gasteiger partial charge is 0.491 e. The Bertz CT molecular complexity index is 832. The minimum atomic E-state index is -1.10. The molecule has 0 radical (unpaired) electrons. The number of carbonyl (C=O) groups excluding carboxylic acids is 1. The Morgan fingerprint density at radius 2 is 1.89 bits per heavy atom. The van der Waals surface area contributed by atoms with Crippen LogP contribution >= 0.6 is 11.6 Å². The van der Waals surface area contributed by atoms with Gasteiger partial charge in [0.2, 0.25) is 5.91 Å². The van der Waals surface area contributed by atoms with E-state index in [1.165, 1.54) is 12.1 Å². The van der Waals surface area contributed by atoms with E-state index in [2.05, 4.69) is 0 Å². The summed E-state index contributed by atoms with van der Waals surface area (Å²) in [5.41, 5.74) is 1.49. The summed E-state index contributed by atoms with van der Waals surface area (Å²) in [6, 6.07) is 9.60. The minimum Gasteiger partial charge on any atom is -0.491 e. The maximum atomic E-state index is 13.0. The van der Waals surface area contributed by atoms with Crippen molar-refractivity contribution in [3.63, 3.8) is 0 Å². The van der Waals surface area contributed by atoms with E-state index in [0.717, 1.165) is 16.7 Å². The summed E-state index contributed by atoms with van der Waals surface area (Å²) in [5.74, 6) is 0.249. The molecule has 2 aromatic carbocycles. The summed E-state index contributed by atoms with van der Waals surface area (Å²) >= 11 is 6.19. The molecule has 1 amide bonds. The summed E-state index contributed by atoms with van der Waals surface area (Å²) in [4.78, 5) is 14.3. The molecule has 1 heterocycles. The van der Waals surface area contributed by atoms with Crippen molar-refractivity contribution in [3.05, 3.63) is 63.9 Å². The van der Waals surface area contributed by atoms with E-state index < -0.39 is 5.60 Å². The Balaban J connectivity index is 1.61. The Hall–Kier alpha value is -2.11. The number of rotatable bonds is 5. The maximum absolute atomic E-state index is 13.0. The van der Waals surface area contributed by atoms with E-state index in [-0.39, 0.29) is 31.3 Å². The number of hydrogen-bond acceptors (Lipinski definition) is 3. The van der Waals surface area contributed by atoms with Crippen molar-refractivity contribution in [2.24, 2.45) is 0 Å². The number of likely N-dealkylation sites (tertiary alicyclic amines) is 1. The third-order valence-electron chi connectivity index (χ3n) is 5.09. The van der Waals surface area contributed by atoms with Gasteiger partial charge in [-0.3, -0.25) is 4.79 Å². The SMILES string of the molecule is Cc1cc(OCC2(O)CCCN(C(=O)Cc3ccc(F)cc3)C2)cc(C)c1Cl. The number of carbonyl (C=O) groups is 1. The highest BCUT2D eigenvalue weighted by molar-refractivity contribution is 6.32. The number of benzene rings is 2. The van der Waals surface area contributed by atoms with Crippen molar-refractivity contribution in [2.75, 3.05) is 19.7 Å². The quantitative estimate of drug-likeness (QED) is 0.815. The molecule has 1 saturated heterocycles. The van der Waals surface area contributed by atoms with Gasteiger partial charge in [-0.15, -0.1) is 0 Å². The summed E-state index contributed by atoms with van der Waals surface area (Å²) in [5, 5.41) is 11.7. The average Bonchev–Trinajstić information content (AvgIpc) is 2.66. The highest BCUT2D eigenvalue weighted by Gasteiger charge is 2.36. The molecule has 1 aliphatic heterocycles. The number of aliphatic hydroxyl groups is 1. The monoisotopic (exact) mass is 405 g/mol. The smallest absolute Gasteiger partial charge is 0.227 e. The number of β-amino-alcohol motifs (C(OH)–C–C–N with tert-alkyl or cyclic N) is 1. The van der Waals surface area contributed by atoms with E-state index in [0.29, 0.717) is 30.2 Å². The lowest BCUT2D eigenvalue weighted by Gasteiger charge is -2.39. The van der Waals surface area contributed by atoms with Crippen LogP contribution in [0.2, 0.25) is 5.02 Å². The van der Waals surface area contributed by atoms with Crippen LogP contribution in [0.15, 0.2) is 36.4 Å². The van der Waals surface area contributed by atoms with Gasteiger partial charge in [0.05, 0.1) is 13.0 Å². The van der Waals surface area contributed by atoms with Gasteiger partial charge < -0.3 is 14.7 Å². The number of nitrogens with zero attached hydrogens (tertiary/aromatic N) is 1. The van der Waals surface area contributed by atoms with Crippen LogP contribution in [0.3, 0.4) is 0 Å². The molecule has 6 heteroatoms. The van der Waals surface area contributed by atoms with Crippen LogP contribution in [0.25, 0.3) is 0 Å². The lowest BCUT2D eigenvalue weighted by atomic mass is 9.93. The number of piperidine rings is 1. The second kappa shape index (κ2) is 8.50. The Morgan fingerprint density at radius 1 is 1.25 bits per heavy atom. The van der Waals surface area contributed by atoms with E-state index in [1.54, 1.807) is 17.0 Å². The zero-order chi connectivity index (χ0) is 20.3. The summed E-state index contributed by atoms with van der Waals surface area (Å²) in [6.07, 6.45) is 1.46. The fraction of sp³-hybridized carbons (Fsp3) is 0.409. The van der Waals surface area contributed by atoms with E-state index in [4.69, 9.17) is 16.3 Å². The first-order valence-electron chi connectivity index (χ1n) is 9.40. The topological polar surface area (TPSA) is 49.8 Å². The predicted molar refractivity (Wildman–Crippen MR) is 107 cm³/mol. The first kappa shape index (κ1) is 20.6. The fourth-order valence-electron chi connectivity index (χ4n) is 3.54.